The molecule has 0 atom stereocenters. The van der Waals surface area contributed by atoms with E-state index in [0.717, 1.165) is 22.2 Å². The third-order valence-corrected chi connectivity index (χ3v) is 4.87. The van der Waals surface area contributed by atoms with Gasteiger partial charge in [-0.3, -0.25) is 9.59 Å². The summed E-state index contributed by atoms with van der Waals surface area (Å²) in [6, 6.07) is 12.8. The molecule has 33 heavy (non-hydrogen) atoms. The van der Waals surface area contributed by atoms with Crippen molar-refractivity contribution in [1.82, 2.24) is 20.4 Å². The molecule has 0 saturated heterocycles. The number of anilines is 1. The number of aromatic amines is 1. The van der Waals surface area contributed by atoms with Crippen LogP contribution in [0.3, 0.4) is 0 Å². The second-order valence-corrected chi connectivity index (χ2v) is 7.21. The largest absolute Gasteiger partial charge is 0.497 e. The summed E-state index contributed by atoms with van der Waals surface area (Å²) in [7, 11) is 1.62. The summed E-state index contributed by atoms with van der Waals surface area (Å²) in [5.41, 5.74) is 2.58. The van der Waals surface area contributed by atoms with Gasteiger partial charge in [-0.2, -0.15) is 4.98 Å². The number of benzene rings is 2. The number of carbonyl (C=O) groups excluding carboxylic acids is 2. The maximum atomic E-state index is 12.4. The summed E-state index contributed by atoms with van der Waals surface area (Å²) < 4.78 is 16.0. The first-order valence-electron chi connectivity index (χ1n) is 10.3. The van der Waals surface area contributed by atoms with Crippen LogP contribution >= 0.6 is 0 Å². The normalized spacial score (nSPS) is 10.7. The lowest BCUT2D eigenvalue weighted by molar-refractivity contribution is -0.114. The fourth-order valence-electron chi connectivity index (χ4n) is 3.31. The zero-order valence-electron chi connectivity index (χ0n) is 18.2. The SMILES string of the molecule is COc1ccc2[nH]cc(CCNC(=O)c3nc(COc4ccccc4NC(C)=O)no3)c2c1. The molecule has 0 aliphatic heterocycles. The standard InChI is InChI=1S/C23H23N5O5/c1-14(29)26-19-5-3-4-6-20(19)32-13-21-27-23(33-28-21)22(30)24-10-9-15-12-25-18-8-7-16(31-2)11-17(15)18/h3-8,11-12,25H,9-10,13H2,1-2H3,(H,24,30)(H,26,29). The van der Waals surface area contributed by atoms with Gasteiger partial charge in [-0.1, -0.05) is 17.3 Å². The summed E-state index contributed by atoms with van der Waals surface area (Å²) in [4.78, 5) is 31.0. The zero-order chi connectivity index (χ0) is 23.2. The Morgan fingerprint density at radius 1 is 1.18 bits per heavy atom. The van der Waals surface area contributed by atoms with E-state index in [-0.39, 0.29) is 24.2 Å². The number of hydrogen-bond acceptors (Lipinski definition) is 7. The number of rotatable bonds is 9. The molecule has 0 unspecified atom stereocenters. The average molecular weight is 449 g/mol. The number of fused-ring (bicyclic) bond motifs is 1. The Kier molecular flexibility index (Phi) is 6.53. The van der Waals surface area contributed by atoms with Crippen molar-refractivity contribution in [3.8, 4) is 11.5 Å². The van der Waals surface area contributed by atoms with Crippen LogP contribution in [0.4, 0.5) is 5.69 Å². The molecule has 10 heteroatoms. The Bertz CT molecular complexity index is 1280. The van der Waals surface area contributed by atoms with Crippen LogP contribution in [0.15, 0.2) is 53.2 Å². The van der Waals surface area contributed by atoms with Gasteiger partial charge < -0.3 is 29.6 Å². The number of hydrogen-bond donors (Lipinski definition) is 3. The topological polar surface area (TPSA) is 131 Å². The van der Waals surface area contributed by atoms with Gasteiger partial charge in [0.1, 0.15) is 11.5 Å². The molecule has 0 aliphatic rings. The number of nitrogens with zero attached hydrogens (tertiary/aromatic N) is 2. The van der Waals surface area contributed by atoms with E-state index in [4.69, 9.17) is 14.0 Å². The molecule has 0 saturated carbocycles. The monoisotopic (exact) mass is 449 g/mol. The third-order valence-electron chi connectivity index (χ3n) is 4.87. The lowest BCUT2D eigenvalue weighted by Crippen LogP contribution is -2.26. The lowest BCUT2D eigenvalue weighted by Gasteiger charge is -2.09. The van der Waals surface area contributed by atoms with Gasteiger partial charge in [0.25, 0.3) is 0 Å². The summed E-state index contributed by atoms with van der Waals surface area (Å²) in [6.45, 7) is 1.78. The van der Waals surface area contributed by atoms with E-state index >= 15 is 0 Å². The first-order chi connectivity index (χ1) is 16.0. The summed E-state index contributed by atoms with van der Waals surface area (Å²) >= 11 is 0. The molecule has 10 nitrogen and oxygen atoms in total. The minimum absolute atomic E-state index is 0.0233. The molecule has 0 spiro atoms. The molecule has 0 fully saturated rings. The minimum Gasteiger partial charge on any atom is -0.497 e. The maximum absolute atomic E-state index is 12.4. The summed E-state index contributed by atoms with van der Waals surface area (Å²) in [6.07, 6.45) is 2.53. The van der Waals surface area contributed by atoms with Gasteiger partial charge >= 0.3 is 11.8 Å². The highest BCUT2D eigenvalue weighted by atomic mass is 16.5. The van der Waals surface area contributed by atoms with Gasteiger partial charge in [-0.15, -0.1) is 0 Å². The van der Waals surface area contributed by atoms with Crippen LogP contribution in [0.1, 0.15) is 29.0 Å². The third kappa shape index (κ3) is 5.29. The fourth-order valence-corrected chi connectivity index (χ4v) is 3.31. The van der Waals surface area contributed by atoms with Crippen LogP contribution in [0.5, 0.6) is 11.5 Å². The highest BCUT2D eigenvalue weighted by Gasteiger charge is 2.16. The van der Waals surface area contributed by atoms with Crippen molar-refractivity contribution >= 4 is 28.4 Å². The van der Waals surface area contributed by atoms with Crippen molar-refractivity contribution in [3.63, 3.8) is 0 Å². The number of nitrogens with one attached hydrogen (secondary N) is 3. The van der Waals surface area contributed by atoms with Crippen LogP contribution < -0.4 is 20.1 Å². The van der Waals surface area contributed by atoms with Crippen molar-refractivity contribution in [2.45, 2.75) is 20.0 Å². The molecule has 2 amide bonds. The highest BCUT2D eigenvalue weighted by Crippen LogP contribution is 2.25. The fraction of sp³-hybridized carbons (Fsp3) is 0.217. The van der Waals surface area contributed by atoms with Crippen molar-refractivity contribution in [2.24, 2.45) is 0 Å². The molecule has 0 bridgehead atoms. The molecule has 0 aliphatic carbocycles. The number of H-pyrrole nitrogens is 1. The van der Waals surface area contributed by atoms with Gasteiger partial charge in [0, 0.05) is 30.6 Å². The Labute approximate surface area is 189 Å². The van der Waals surface area contributed by atoms with E-state index in [2.05, 4.69) is 25.8 Å². The number of para-hydroxylation sites is 2. The van der Waals surface area contributed by atoms with E-state index in [1.54, 1.807) is 31.4 Å². The number of ether oxygens (including phenoxy) is 2. The second-order valence-electron chi connectivity index (χ2n) is 7.21. The molecule has 4 rings (SSSR count). The van der Waals surface area contributed by atoms with Crippen LogP contribution in [-0.2, 0) is 17.8 Å². The van der Waals surface area contributed by atoms with E-state index < -0.39 is 5.91 Å². The Morgan fingerprint density at radius 3 is 2.85 bits per heavy atom. The van der Waals surface area contributed by atoms with Gasteiger partial charge in [0.15, 0.2) is 6.61 Å². The van der Waals surface area contributed by atoms with Crippen molar-refractivity contribution in [1.29, 1.82) is 0 Å². The highest BCUT2D eigenvalue weighted by molar-refractivity contribution is 5.90. The molecule has 2 heterocycles. The van der Waals surface area contributed by atoms with E-state index in [1.165, 1.54) is 6.92 Å². The van der Waals surface area contributed by atoms with Gasteiger partial charge in [-0.25, -0.2) is 0 Å². The second kappa shape index (κ2) is 9.86. The summed E-state index contributed by atoms with van der Waals surface area (Å²) in [5, 5.41) is 10.3. The van der Waals surface area contributed by atoms with Crippen LogP contribution in [-0.4, -0.2) is 40.6 Å². The molecule has 0 radical (unpaired) electrons. The zero-order valence-corrected chi connectivity index (χ0v) is 18.2. The molecule has 2 aromatic carbocycles. The molecular formula is C23H23N5O5. The van der Waals surface area contributed by atoms with Gasteiger partial charge in [0.05, 0.1) is 12.8 Å². The number of carbonyl (C=O) groups is 2. The molecular weight excluding hydrogens is 426 g/mol. The number of aromatic nitrogens is 3. The van der Waals surface area contributed by atoms with E-state index in [9.17, 15) is 9.59 Å². The Balaban J connectivity index is 1.31. The quantitative estimate of drug-likeness (QED) is 0.358. The number of methoxy groups -OCH3 is 1. The molecule has 3 N–H and O–H groups in total. The summed E-state index contributed by atoms with van der Waals surface area (Å²) in [5.74, 6) is 0.610. The predicted molar refractivity (Wildman–Crippen MR) is 120 cm³/mol. The smallest absolute Gasteiger partial charge is 0.316 e. The van der Waals surface area contributed by atoms with Crippen LogP contribution in [0.25, 0.3) is 10.9 Å². The first-order valence-corrected chi connectivity index (χ1v) is 10.3. The molecule has 2 aromatic heterocycles. The molecule has 170 valence electrons. The number of amides is 2. The molecule has 4 aromatic rings. The maximum Gasteiger partial charge on any atom is 0.316 e. The Morgan fingerprint density at radius 2 is 2.03 bits per heavy atom. The van der Waals surface area contributed by atoms with Crippen molar-refractivity contribution < 1.29 is 23.6 Å². The van der Waals surface area contributed by atoms with Crippen molar-refractivity contribution in [2.75, 3.05) is 19.0 Å². The van der Waals surface area contributed by atoms with Crippen LogP contribution in [0, 0.1) is 0 Å². The van der Waals surface area contributed by atoms with Crippen LogP contribution in [0.2, 0.25) is 0 Å². The lowest BCUT2D eigenvalue weighted by atomic mass is 10.1. The predicted octanol–water partition coefficient (Wildman–Crippen LogP) is 3.07. The minimum atomic E-state index is -0.468. The van der Waals surface area contributed by atoms with E-state index in [0.29, 0.717) is 24.4 Å². The van der Waals surface area contributed by atoms with E-state index in [1.807, 2.05) is 24.4 Å². The van der Waals surface area contributed by atoms with Crippen molar-refractivity contribution in [3.05, 3.63) is 65.9 Å². The first kappa shape index (κ1) is 21.9. The Hall–Kier alpha value is -4.34. The average Bonchev–Trinajstić information content (AvgIpc) is 3.45. The van der Waals surface area contributed by atoms with Gasteiger partial charge in [0.2, 0.25) is 11.7 Å². The van der Waals surface area contributed by atoms with Gasteiger partial charge in [-0.05, 0) is 42.3 Å².